The van der Waals surface area contributed by atoms with Gasteiger partial charge in [-0.1, -0.05) is 12.1 Å². The minimum atomic E-state index is -3.83. The Hall–Kier alpha value is -3.07. The minimum Gasteiger partial charge on any atom is -0.497 e. The normalized spacial score (nSPS) is 11.2. The standard InChI is InChI=1S/C16H16N2O6S/c1-23-13-6-8-14(9-7-13)25(21,22)18-17-10-12-4-2-3-5-15(12)24-11-16(19)20/h2-10,18H,11H2,1H3,(H,19,20)/b17-10+. The van der Waals surface area contributed by atoms with E-state index < -0.39 is 22.6 Å². The van der Waals surface area contributed by atoms with Crippen LogP contribution in [0.3, 0.4) is 0 Å². The Kier molecular flexibility index (Phi) is 5.96. The summed E-state index contributed by atoms with van der Waals surface area (Å²) >= 11 is 0. The highest BCUT2D eigenvalue weighted by atomic mass is 32.2. The summed E-state index contributed by atoms with van der Waals surface area (Å²) in [7, 11) is -2.35. The van der Waals surface area contributed by atoms with Crippen molar-refractivity contribution >= 4 is 22.2 Å². The molecule has 0 radical (unpaired) electrons. The van der Waals surface area contributed by atoms with Crippen molar-refractivity contribution in [1.29, 1.82) is 0 Å². The molecule has 0 atom stereocenters. The monoisotopic (exact) mass is 364 g/mol. The van der Waals surface area contributed by atoms with Gasteiger partial charge in [0, 0.05) is 5.56 Å². The van der Waals surface area contributed by atoms with Gasteiger partial charge in [-0.05, 0) is 36.4 Å². The molecule has 0 saturated carbocycles. The van der Waals surface area contributed by atoms with Crippen molar-refractivity contribution in [3.05, 3.63) is 54.1 Å². The molecule has 2 N–H and O–H groups in total. The molecule has 0 bridgehead atoms. The molecule has 0 aromatic heterocycles. The largest absolute Gasteiger partial charge is 0.497 e. The van der Waals surface area contributed by atoms with Crippen molar-refractivity contribution in [2.45, 2.75) is 4.90 Å². The molecule has 0 aliphatic heterocycles. The summed E-state index contributed by atoms with van der Waals surface area (Å²) in [6.45, 7) is -0.511. The van der Waals surface area contributed by atoms with Gasteiger partial charge in [-0.15, -0.1) is 0 Å². The van der Waals surface area contributed by atoms with Crippen molar-refractivity contribution in [2.75, 3.05) is 13.7 Å². The predicted octanol–water partition coefficient (Wildman–Crippen LogP) is 1.47. The van der Waals surface area contributed by atoms with Crippen molar-refractivity contribution in [3.63, 3.8) is 0 Å². The topological polar surface area (TPSA) is 114 Å². The number of carboxylic acid groups (broad SMARTS) is 1. The average molecular weight is 364 g/mol. The highest BCUT2D eigenvalue weighted by Gasteiger charge is 2.12. The molecule has 0 spiro atoms. The molecule has 0 unspecified atom stereocenters. The van der Waals surface area contributed by atoms with Crippen LogP contribution in [0.2, 0.25) is 0 Å². The average Bonchev–Trinajstić information content (AvgIpc) is 2.60. The summed E-state index contributed by atoms with van der Waals surface area (Å²) in [6, 6.07) is 12.3. The van der Waals surface area contributed by atoms with Gasteiger partial charge in [-0.2, -0.15) is 13.5 Å². The fraction of sp³-hybridized carbons (Fsp3) is 0.125. The van der Waals surface area contributed by atoms with E-state index in [4.69, 9.17) is 14.6 Å². The lowest BCUT2D eigenvalue weighted by molar-refractivity contribution is -0.139. The molecule has 2 aromatic rings. The number of hydrazone groups is 1. The van der Waals surface area contributed by atoms with Crippen LogP contribution >= 0.6 is 0 Å². The van der Waals surface area contributed by atoms with E-state index in [-0.39, 0.29) is 10.6 Å². The van der Waals surface area contributed by atoms with Gasteiger partial charge in [-0.25, -0.2) is 9.63 Å². The lowest BCUT2D eigenvalue weighted by atomic mass is 10.2. The fourth-order valence-corrected chi connectivity index (χ4v) is 2.62. The van der Waals surface area contributed by atoms with Gasteiger partial charge in [0.15, 0.2) is 6.61 Å². The van der Waals surface area contributed by atoms with Gasteiger partial charge in [0.1, 0.15) is 11.5 Å². The van der Waals surface area contributed by atoms with Gasteiger partial charge >= 0.3 is 5.97 Å². The highest BCUT2D eigenvalue weighted by Crippen LogP contribution is 2.17. The van der Waals surface area contributed by atoms with E-state index in [1.165, 1.54) is 37.6 Å². The fourth-order valence-electron chi connectivity index (χ4n) is 1.83. The second kappa shape index (κ2) is 8.15. The van der Waals surface area contributed by atoms with Crippen molar-refractivity contribution in [1.82, 2.24) is 4.83 Å². The van der Waals surface area contributed by atoms with E-state index in [9.17, 15) is 13.2 Å². The second-order valence-corrected chi connectivity index (χ2v) is 6.41. The van der Waals surface area contributed by atoms with Gasteiger partial charge in [0.2, 0.25) is 0 Å². The van der Waals surface area contributed by atoms with Crippen LogP contribution in [-0.4, -0.2) is 39.4 Å². The van der Waals surface area contributed by atoms with Gasteiger partial charge in [0.25, 0.3) is 10.0 Å². The number of ether oxygens (including phenoxy) is 2. The first-order chi connectivity index (χ1) is 11.9. The number of carbonyl (C=O) groups is 1. The first-order valence-corrected chi connectivity index (χ1v) is 8.53. The summed E-state index contributed by atoms with van der Waals surface area (Å²) in [6.07, 6.45) is 1.23. The Morgan fingerprint density at radius 3 is 2.52 bits per heavy atom. The van der Waals surface area contributed by atoms with Crippen LogP contribution in [0.1, 0.15) is 5.56 Å². The Balaban J connectivity index is 2.10. The lowest BCUT2D eigenvalue weighted by Gasteiger charge is -2.07. The molecule has 0 saturated heterocycles. The molecule has 0 aliphatic rings. The lowest BCUT2D eigenvalue weighted by Crippen LogP contribution is -2.18. The van der Waals surface area contributed by atoms with Gasteiger partial charge < -0.3 is 14.6 Å². The van der Waals surface area contributed by atoms with Crippen molar-refractivity contribution in [2.24, 2.45) is 5.10 Å². The number of hydrogen-bond donors (Lipinski definition) is 2. The first-order valence-electron chi connectivity index (χ1n) is 7.05. The summed E-state index contributed by atoms with van der Waals surface area (Å²) in [5.41, 5.74) is 0.432. The highest BCUT2D eigenvalue weighted by molar-refractivity contribution is 7.89. The molecule has 2 aromatic carbocycles. The molecule has 9 heteroatoms. The number of methoxy groups -OCH3 is 1. The van der Waals surface area contributed by atoms with Gasteiger partial charge in [0.05, 0.1) is 18.2 Å². The molecular formula is C16H16N2O6S. The number of para-hydroxylation sites is 1. The van der Waals surface area contributed by atoms with Crippen LogP contribution in [0, 0.1) is 0 Å². The third kappa shape index (κ3) is 5.21. The molecular weight excluding hydrogens is 348 g/mol. The predicted molar refractivity (Wildman–Crippen MR) is 90.5 cm³/mol. The maximum atomic E-state index is 12.1. The number of hydrogen-bond acceptors (Lipinski definition) is 6. The zero-order chi connectivity index (χ0) is 18.3. The van der Waals surface area contributed by atoms with E-state index in [0.29, 0.717) is 11.3 Å². The number of nitrogens with one attached hydrogen (secondary N) is 1. The summed E-state index contributed by atoms with van der Waals surface area (Å²) in [5, 5.41) is 12.4. The minimum absolute atomic E-state index is 0.0286. The number of rotatable bonds is 8. The van der Waals surface area contributed by atoms with Crippen LogP contribution in [0.5, 0.6) is 11.5 Å². The molecule has 25 heavy (non-hydrogen) atoms. The molecule has 0 amide bonds. The SMILES string of the molecule is COc1ccc(S(=O)(=O)N/N=C/c2ccccc2OCC(=O)O)cc1. The van der Waals surface area contributed by atoms with Crippen molar-refractivity contribution in [3.8, 4) is 11.5 Å². The van der Waals surface area contributed by atoms with E-state index in [1.54, 1.807) is 24.3 Å². The zero-order valence-corrected chi connectivity index (χ0v) is 14.1. The zero-order valence-electron chi connectivity index (χ0n) is 13.2. The molecule has 0 heterocycles. The van der Waals surface area contributed by atoms with Gasteiger partial charge in [-0.3, -0.25) is 0 Å². The van der Waals surface area contributed by atoms with E-state index in [1.807, 2.05) is 0 Å². The number of carboxylic acids is 1. The molecule has 132 valence electrons. The van der Waals surface area contributed by atoms with Crippen LogP contribution in [0.15, 0.2) is 58.5 Å². The van der Waals surface area contributed by atoms with Crippen LogP contribution in [-0.2, 0) is 14.8 Å². The van der Waals surface area contributed by atoms with Crippen LogP contribution < -0.4 is 14.3 Å². The van der Waals surface area contributed by atoms with E-state index >= 15 is 0 Å². The number of sulfonamides is 1. The molecule has 8 nitrogen and oxygen atoms in total. The third-order valence-electron chi connectivity index (χ3n) is 3.02. The Morgan fingerprint density at radius 2 is 1.88 bits per heavy atom. The maximum absolute atomic E-state index is 12.1. The smallest absolute Gasteiger partial charge is 0.341 e. The van der Waals surface area contributed by atoms with Crippen molar-refractivity contribution < 1.29 is 27.8 Å². The van der Waals surface area contributed by atoms with E-state index in [0.717, 1.165) is 0 Å². The molecule has 0 fully saturated rings. The summed E-state index contributed by atoms with van der Waals surface area (Å²) in [5.74, 6) is -0.309. The Morgan fingerprint density at radius 1 is 1.20 bits per heavy atom. The maximum Gasteiger partial charge on any atom is 0.341 e. The quantitative estimate of drug-likeness (QED) is 0.541. The van der Waals surface area contributed by atoms with Crippen LogP contribution in [0.25, 0.3) is 0 Å². The summed E-state index contributed by atoms with van der Waals surface area (Å²) < 4.78 is 34.4. The first kappa shape index (κ1) is 18.3. The third-order valence-corrected chi connectivity index (χ3v) is 4.25. The molecule has 2 rings (SSSR count). The Labute approximate surface area is 144 Å². The Bertz CT molecular complexity index is 862. The number of aliphatic carboxylic acids is 1. The second-order valence-electron chi connectivity index (χ2n) is 4.75. The molecule has 0 aliphatic carbocycles. The summed E-state index contributed by atoms with van der Waals surface area (Å²) in [4.78, 5) is 12.7. The van der Waals surface area contributed by atoms with E-state index in [2.05, 4.69) is 9.93 Å². The van der Waals surface area contributed by atoms with Crippen LogP contribution in [0.4, 0.5) is 0 Å². The number of benzene rings is 2. The number of nitrogens with zero attached hydrogens (tertiary/aromatic N) is 1.